The first-order chi connectivity index (χ1) is 7.20. The minimum absolute atomic E-state index is 0.635. The fraction of sp³-hybridized carbons (Fsp3) is 1.00. The van der Waals surface area contributed by atoms with Gasteiger partial charge in [0.05, 0.1) is 0 Å². The Labute approximate surface area is 93.8 Å². The van der Waals surface area contributed by atoms with Gasteiger partial charge in [-0.2, -0.15) is 0 Å². The van der Waals surface area contributed by atoms with Crippen LogP contribution in [0.2, 0.25) is 0 Å². The third-order valence-corrected chi connectivity index (χ3v) is 3.90. The molecule has 2 aliphatic rings. The summed E-state index contributed by atoms with van der Waals surface area (Å²) in [7, 11) is 0. The minimum atomic E-state index is 0.635. The highest BCUT2D eigenvalue weighted by molar-refractivity contribution is 4.94. The Morgan fingerprint density at radius 2 is 1.93 bits per heavy atom. The van der Waals surface area contributed by atoms with Crippen LogP contribution in [0.1, 0.15) is 39.5 Å². The normalized spacial score (nSPS) is 26.6. The van der Waals surface area contributed by atoms with Crippen molar-refractivity contribution < 1.29 is 4.74 Å². The molecule has 0 spiro atoms. The molecule has 2 fully saturated rings. The summed E-state index contributed by atoms with van der Waals surface area (Å²) in [5.41, 5.74) is 0.635. The summed E-state index contributed by atoms with van der Waals surface area (Å²) in [6, 6.07) is 0. The molecule has 0 aromatic heterocycles. The lowest BCUT2D eigenvalue weighted by atomic mass is 9.68. The molecule has 0 saturated carbocycles. The zero-order valence-corrected chi connectivity index (χ0v) is 10.2. The van der Waals surface area contributed by atoms with E-state index >= 15 is 0 Å². The molecule has 0 atom stereocenters. The second kappa shape index (κ2) is 4.84. The van der Waals surface area contributed by atoms with Crippen molar-refractivity contribution in [2.24, 2.45) is 17.3 Å². The molecule has 0 bridgehead atoms. The number of hydrogen-bond donors (Lipinski definition) is 1. The van der Waals surface area contributed by atoms with E-state index in [1.54, 1.807) is 0 Å². The average Bonchev–Trinajstić information content (AvgIpc) is 2.15. The number of hydrogen-bond acceptors (Lipinski definition) is 2. The molecule has 88 valence electrons. The number of rotatable bonds is 4. The monoisotopic (exact) mass is 211 g/mol. The first-order valence-electron chi connectivity index (χ1n) is 6.49. The van der Waals surface area contributed by atoms with Crippen molar-refractivity contribution in [3.05, 3.63) is 0 Å². The van der Waals surface area contributed by atoms with Crippen LogP contribution >= 0.6 is 0 Å². The second-order valence-corrected chi connectivity index (χ2v) is 5.96. The molecule has 0 aromatic rings. The Kier molecular flexibility index (Phi) is 3.68. The van der Waals surface area contributed by atoms with Crippen molar-refractivity contribution in [1.82, 2.24) is 5.32 Å². The van der Waals surface area contributed by atoms with Gasteiger partial charge in [-0.25, -0.2) is 0 Å². The molecule has 0 aliphatic carbocycles. The predicted octanol–water partition coefficient (Wildman–Crippen LogP) is 2.44. The Morgan fingerprint density at radius 3 is 2.40 bits per heavy atom. The average molecular weight is 211 g/mol. The van der Waals surface area contributed by atoms with Crippen LogP contribution in [0.25, 0.3) is 0 Å². The third kappa shape index (κ3) is 2.94. The molecular formula is C13H25NO. The lowest BCUT2D eigenvalue weighted by Crippen LogP contribution is -2.55. The maximum absolute atomic E-state index is 5.43. The molecule has 0 radical (unpaired) electrons. The van der Waals surface area contributed by atoms with Gasteiger partial charge in [-0.15, -0.1) is 0 Å². The van der Waals surface area contributed by atoms with Crippen molar-refractivity contribution in [3.63, 3.8) is 0 Å². The SMILES string of the molecule is CC(C)CC1(CC2CCOCC2)CNC1. The molecule has 0 amide bonds. The van der Waals surface area contributed by atoms with Gasteiger partial charge in [0.25, 0.3) is 0 Å². The fourth-order valence-electron chi connectivity index (χ4n) is 3.28. The highest BCUT2D eigenvalue weighted by Gasteiger charge is 2.39. The van der Waals surface area contributed by atoms with Crippen LogP contribution in [0.5, 0.6) is 0 Å². The summed E-state index contributed by atoms with van der Waals surface area (Å²) in [6.45, 7) is 9.20. The van der Waals surface area contributed by atoms with Crippen LogP contribution in [0.15, 0.2) is 0 Å². The Balaban J connectivity index is 1.83. The van der Waals surface area contributed by atoms with Crippen molar-refractivity contribution in [1.29, 1.82) is 0 Å². The highest BCUT2D eigenvalue weighted by Crippen LogP contribution is 2.39. The molecule has 2 saturated heterocycles. The van der Waals surface area contributed by atoms with Crippen molar-refractivity contribution in [2.75, 3.05) is 26.3 Å². The summed E-state index contributed by atoms with van der Waals surface area (Å²) in [6.07, 6.45) is 5.42. The van der Waals surface area contributed by atoms with Crippen LogP contribution in [0.3, 0.4) is 0 Å². The molecule has 1 N–H and O–H groups in total. The van der Waals surface area contributed by atoms with E-state index in [-0.39, 0.29) is 0 Å². The molecule has 0 aromatic carbocycles. The minimum Gasteiger partial charge on any atom is -0.381 e. The van der Waals surface area contributed by atoms with Gasteiger partial charge in [0, 0.05) is 26.3 Å². The van der Waals surface area contributed by atoms with Gasteiger partial charge in [0.1, 0.15) is 0 Å². The molecule has 2 heteroatoms. The van der Waals surface area contributed by atoms with Gasteiger partial charge >= 0.3 is 0 Å². The summed E-state index contributed by atoms with van der Waals surface area (Å²) in [5.74, 6) is 1.77. The first-order valence-corrected chi connectivity index (χ1v) is 6.49. The van der Waals surface area contributed by atoms with Crippen molar-refractivity contribution >= 4 is 0 Å². The highest BCUT2D eigenvalue weighted by atomic mass is 16.5. The number of nitrogens with one attached hydrogen (secondary N) is 1. The van der Waals surface area contributed by atoms with E-state index in [4.69, 9.17) is 4.74 Å². The van der Waals surface area contributed by atoms with Gasteiger partial charge < -0.3 is 10.1 Å². The lowest BCUT2D eigenvalue weighted by Gasteiger charge is -2.46. The van der Waals surface area contributed by atoms with E-state index in [0.29, 0.717) is 5.41 Å². The van der Waals surface area contributed by atoms with E-state index in [1.807, 2.05) is 0 Å². The first kappa shape index (κ1) is 11.4. The molecule has 0 unspecified atom stereocenters. The predicted molar refractivity (Wildman–Crippen MR) is 62.9 cm³/mol. The molecule has 15 heavy (non-hydrogen) atoms. The molecular weight excluding hydrogens is 186 g/mol. The molecule has 2 nitrogen and oxygen atoms in total. The van der Waals surface area contributed by atoms with Crippen LogP contribution < -0.4 is 5.32 Å². The summed E-state index contributed by atoms with van der Waals surface area (Å²) in [5, 5.41) is 3.47. The zero-order valence-electron chi connectivity index (χ0n) is 10.2. The van der Waals surface area contributed by atoms with Gasteiger partial charge in [0.15, 0.2) is 0 Å². The second-order valence-electron chi connectivity index (χ2n) is 5.96. The molecule has 2 heterocycles. The van der Waals surface area contributed by atoms with Gasteiger partial charge in [0.2, 0.25) is 0 Å². The van der Waals surface area contributed by atoms with Crippen molar-refractivity contribution in [3.8, 4) is 0 Å². The fourth-order valence-corrected chi connectivity index (χ4v) is 3.28. The lowest BCUT2D eigenvalue weighted by molar-refractivity contribution is 0.0254. The quantitative estimate of drug-likeness (QED) is 0.771. The van der Waals surface area contributed by atoms with E-state index in [9.17, 15) is 0 Å². The summed E-state index contributed by atoms with van der Waals surface area (Å²) >= 11 is 0. The van der Waals surface area contributed by atoms with Crippen LogP contribution in [-0.2, 0) is 4.74 Å². The smallest absolute Gasteiger partial charge is 0.0468 e. The van der Waals surface area contributed by atoms with E-state index < -0.39 is 0 Å². The molecule has 2 rings (SSSR count). The van der Waals surface area contributed by atoms with Gasteiger partial charge in [-0.05, 0) is 42.9 Å². The number of ether oxygens (including phenoxy) is 1. The summed E-state index contributed by atoms with van der Waals surface area (Å²) in [4.78, 5) is 0. The molecule has 2 aliphatic heterocycles. The Morgan fingerprint density at radius 1 is 1.27 bits per heavy atom. The maximum atomic E-state index is 5.43. The van der Waals surface area contributed by atoms with Gasteiger partial charge in [-0.1, -0.05) is 13.8 Å². The maximum Gasteiger partial charge on any atom is 0.0468 e. The van der Waals surface area contributed by atoms with Crippen LogP contribution in [0.4, 0.5) is 0 Å². The van der Waals surface area contributed by atoms with Gasteiger partial charge in [-0.3, -0.25) is 0 Å². The van der Waals surface area contributed by atoms with Crippen LogP contribution in [-0.4, -0.2) is 26.3 Å². The topological polar surface area (TPSA) is 21.3 Å². The Hall–Kier alpha value is -0.0800. The van der Waals surface area contributed by atoms with Crippen LogP contribution in [0, 0.1) is 17.3 Å². The van der Waals surface area contributed by atoms with E-state index in [2.05, 4.69) is 19.2 Å². The summed E-state index contributed by atoms with van der Waals surface area (Å²) < 4.78 is 5.43. The third-order valence-electron chi connectivity index (χ3n) is 3.90. The van der Waals surface area contributed by atoms with E-state index in [1.165, 1.54) is 38.8 Å². The zero-order chi connectivity index (χ0) is 10.7. The standard InChI is InChI=1S/C13H25NO/c1-11(2)7-13(9-14-10-13)8-12-3-5-15-6-4-12/h11-12,14H,3-10H2,1-2H3. The Bertz CT molecular complexity index is 193. The largest absolute Gasteiger partial charge is 0.381 e. The van der Waals surface area contributed by atoms with E-state index in [0.717, 1.165) is 25.0 Å². The van der Waals surface area contributed by atoms with Crippen molar-refractivity contribution in [2.45, 2.75) is 39.5 Å².